The van der Waals surface area contributed by atoms with E-state index in [2.05, 4.69) is 19.1 Å². The number of rotatable bonds is 3. The van der Waals surface area contributed by atoms with Gasteiger partial charge < -0.3 is 14.6 Å². The summed E-state index contributed by atoms with van der Waals surface area (Å²) in [6.07, 6.45) is 0. The van der Waals surface area contributed by atoms with E-state index in [1.165, 1.54) is 24.3 Å². The molecule has 0 amide bonds. The van der Waals surface area contributed by atoms with Crippen molar-refractivity contribution in [1.29, 1.82) is 0 Å². The van der Waals surface area contributed by atoms with Crippen molar-refractivity contribution in [3.05, 3.63) is 123 Å². The molecule has 1 aliphatic carbocycles. The highest BCUT2D eigenvalue weighted by Gasteiger charge is 2.23. The van der Waals surface area contributed by atoms with Crippen LogP contribution in [0.2, 0.25) is 5.02 Å². The highest BCUT2D eigenvalue weighted by Crippen LogP contribution is 2.45. The monoisotopic (exact) mass is 556 g/mol. The summed E-state index contributed by atoms with van der Waals surface area (Å²) in [6.45, 7) is 2.09. The third-order valence-electron chi connectivity index (χ3n) is 7.78. The summed E-state index contributed by atoms with van der Waals surface area (Å²) in [4.78, 5) is 25.4. The fourth-order valence-corrected chi connectivity index (χ4v) is 6.01. The second kappa shape index (κ2) is 9.22. The van der Waals surface area contributed by atoms with E-state index in [0.717, 1.165) is 32.7 Å². The van der Waals surface area contributed by atoms with Gasteiger partial charge in [-0.2, -0.15) is 0 Å². The Morgan fingerprint density at radius 2 is 1.34 bits per heavy atom. The molecule has 0 atom stereocenters. The predicted octanol–water partition coefficient (Wildman–Crippen LogP) is 8.90. The SMILES string of the molecule is Cc1c2ccccc2c(-c2cc3c(-c4ccc(C(=O)O)cc4)c4cc(Cl)c(O)cc4oc-3cc2=O)c2ccccc12. The quantitative estimate of drug-likeness (QED) is 0.212. The minimum atomic E-state index is -1.03. The van der Waals surface area contributed by atoms with E-state index in [4.69, 9.17) is 16.0 Å². The van der Waals surface area contributed by atoms with Crippen LogP contribution in [-0.2, 0) is 0 Å². The molecule has 2 N–H and O–H groups in total. The topological polar surface area (TPSA) is 87.7 Å². The zero-order valence-electron chi connectivity index (χ0n) is 21.7. The molecule has 198 valence electrons. The van der Waals surface area contributed by atoms with Crippen molar-refractivity contribution < 1.29 is 19.4 Å². The second-order valence-corrected chi connectivity index (χ2v) is 10.5. The van der Waals surface area contributed by atoms with Gasteiger partial charge in [0.15, 0.2) is 5.43 Å². The fraction of sp³-hybridized carbons (Fsp3) is 0.0286. The summed E-state index contributed by atoms with van der Waals surface area (Å²) in [5, 5.41) is 24.6. The molecule has 2 aliphatic rings. The maximum atomic E-state index is 13.8. The van der Waals surface area contributed by atoms with Gasteiger partial charge >= 0.3 is 5.97 Å². The predicted molar refractivity (Wildman–Crippen MR) is 163 cm³/mol. The Kier molecular flexibility index (Phi) is 5.59. The first-order valence-electron chi connectivity index (χ1n) is 13.0. The minimum Gasteiger partial charge on any atom is -0.506 e. The van der Waals surface area contributed by atoms with Gasteiger partial charge in [-0.25, -0.2) is 4.79 Å². The van der Waals surface area contributed by atoms with Crippen LogP contribution < -0.4 is 5.43 Å². The molecule has 5 aromatic rings. The van der Waals surface area contributed by atoms with Crippen LogP contribution in [0.25, 0.3) is 66.1 Å². The molecule has 41 heavy (non-hydrogen) atoms. The first-order valence-corrected chi connectivity index (χ1v) is 13.4. The Morgan fingerprint density at radius 1 is 0.732 bits per heavy atom. The number of carboxylic acids is 1. The summed E-state index contributed by atoms with van der Waals surface area (Å²) in [5.74, 6) is -0.837. The minimum absolute atomic E-state index is 0.145. The van der Waals surface area contributed by atoms with Gasteiger partial charge in [-0.05, 0) is 63.9 Å². The van der Waals surface area contributed by atoms with Gasteiger partial charge in [0.2, 0.25) is 0 Å². The van der Waals surface area contributed by atoms with Gasteiger partial charge in [0.25, 0.3) is 0 Å². The number of carbonyl (C=O) groups is 1. The zero-order valence-corrected chi connectivity index (χ0v) is 22.5. The van der Waals surface area contributed by atoms with E-state index >= 15 is 0 Å². The average Bonchev–Trinajstić information content (AvgIpc) is 2.97. The van der Waals surface area contributed by atoms with Crippen molar-refractivity contribution >= 4 is 50.1 Å². The molecule has 6 heteroatoms. The number of hydrogen-bond donors (Lipinski definition) is 2. The highest BCUT2D eigenvalue weighted by atomic mass is 35.5. The van der Waals surface area contributed by atoms with Crippen LogP contribution in [0, 0.1) is 6.92 Å². The van der Waals surface area contributed by atoms with Crippen molar-refractivity contribution in [3.8, 4) is 39.3 Å². The smallest absolute Gasteiger partial charge is 0.335 e. The van der Waals surface area contributed by atoms with Crippen molar-refractivity contribution in [2.45, 2.75) is 6.92 Å². The lowest BCUT2D eigenvalue weighted by Crippen LogP contribution is -2.07. The summed E-state index contributed by atoms with van der Waals surface area (Å²) in [5.41, 5.74) is 4.87. The van der Waals surface area contributed by atoms with Gasteiger partial charge in [0.05, 0.1) is 10.6 Å². The number of phenols is 1. The molecule has 7 rings (SSSR count). The Balaban J connectivity index is 1.64. The molecule has 0 aromatic heterocycles. The van der Waals surface area contributed by atoms with Crippen LogP contribution in [0.15, 0.2) is 106 Å². The second-order valence-electron chi connectivity index (χ2n) is 10.1. The number of aromatic carboxylic acids is 1. The number of hydrogen-bond acceptors (Lipinski definition) is 4. The lowest BCUT2D eigenvalue weighted by Gasteiger charge is -2.19. The lowest BCUT2D eigenvalue weighted by atomic mass is 9.86. The van der Waals surface area contributed by atoms with Crippen LogP contribution in [0.4, 0.5) is 0 Å². The van der Waals surface area contributed by atoms with Crippen molar-refractivity contribution in [1.82, 2.24) is 0 Å². The summed E-state index contributed by atoms with van der Waals surface area (Å²) < 4.78 is 6.16. The first kappa shape index (κ1) is 24.9. The average molecular weight is 557 g/mol. The number of benzene rings is 6. The third-order valence-corrected chi connectivity index (χ3v) is 8.08. The summed E-state index contributed by atoms with van der Waals surface area (Å²) >= 11 is 6.34. The maximum Gasteiger partial charge on any atom is 0.335 e. The molecule has 0 fully saturated rings. The molecule has 0 bridgehead atoms. The van der Waals surface area contributed by atoms with Crippen molar-refractivity contribution in [2.75, 3.05) is 0 Å². The summed E-state index contributed by atoms with van der Waals surface area (Å²) in [7, 11) is 0. The summed E-state index contributed by atoms with van der Waals surface area (Å²) in [6, 6.07) is 29.0. The molecule has 0 radical (unpaired) electrons. The van der Waals surface area contributed by atoms with E-state index in [1.807, 2.05) is 42.5 Å². The molecule has 0 saturated carbocycles. The van der Waals surface area contributed by atoms with Gasteiger partial charge in [0.1, 0.15) is 17.1 Å². The lowest BCUT2D eigenvalue weighted by molar-refractivity contribution is 0.0697. The number of phenolic OH excluding ortho intramolecular Hbond substituents is 1. The fourth-order valence-electron chi connectivity index (χ4n) is 5.85. The first-order chi connectivity index (χ1) is 19.8. The molecule has 5 aromatic carbocycles. The Hall–Kier alpha value is -5.13. The van der Waals surface area contributed by atoms with Crippen LogP contribution in [0.1, 0.15) is 15.9 Å². The van der Waals surface area contributed by atoms with E-state index in [9.17, 15) is 19.8 Å². The number of fused-ring (bicyclic) bond motifs is 4. The molecular formula is C35H21ClO5. The Labute approximate surface area is 238 Å². The Morgan fingerprint density at radius 3 is 1.95 bits per heavy atom. The van der Waals surface area contributed by atoms with Crippen molar-refractivity contribution in [2.24, 2.45) is 0 Å². The maximum absolute atomic E-state index is 13.8. The van der Waals surface area contributed by atoms with Gasteiger partial charge in [-0.1, -0.05) is 72.3 Å². The number of halogens is 1. The standard InChI is InChI=1S/C35H21ClO5/c1-18-21-6-2-4-8-23(21)34(24-9-5-3-7-22(18)24)25-14-26-31(16-29(25)37)41-32-17-30(38)28(36)15-27(32)33(26)19-10-12-20(13-11-19)35(39)40/h2-17,38H,1H3,(H,39,40). The number of carboxylic acid groups (broad SMARTS) is 1. The zero-order chi connectivity index (χ0) is 28.4. The number of aryl methyl sites for hydroxylation is 1. The molecule has 1 heterocycles. The van der Waals surface area contributed by atoms with E-state index in [0.29, 0.717) is 39.0 Å². The highest BCUT2D eigenvalue weighted by molar-refractivity contribution is 6.33. The van der Waals surface area contributed by atoms with Crippen LogP contribution in [-0.4, -0.2) is 16.2 Å². The van der Waals surface area contributed by atoms with Crippen LogP contribution in [0.3, 0.4) is 0 Å². The number of aromatic hydroxyl groups is 1. The Bertz CT molecular complexity index is 2170. The molecule has 1 aliphatic heterocycles. The van der Waals surface area contributed by atoms with Gasteiger partial charge in [-0.15, -0.1) is 0 Å². The van der Waals surface area contributed by atoms with Crippen LogP contribution in [0.5, 0.6) is 5.75 Å². The normalized spacial score (nSPS) is 11.6. The van der Waals surface area contributed by atoms with Crippen molar-refractivity contribution in [3.63, 3.8) is 0 Å². The molecular weight excluding hydrogens is 536 g/mol. The largest absolute Gasteiger partial charge is 0.506 e. The van der Waals surface area contributed by atoms with E-state index in [1.54, 1.807) is 18.2 Å². The van der Waals surface area contributed by atoms with Crippen LogP contribution >= 0.6 is 11.6 Å². The molecule has 0 unspecified atom stereocenters. The van der Waals surface area contributed by atoms with E-state index in [-0.39, 0.29) is 21.8 Å². The van der Waals surface area contributed by atoms with E-state index < -0.39 is 5.97 Å². The molecule has 5 nitrogen and oxygen atoms in total. The van der Waals surface area contributed by atoms with Gasteiger partial charge in [-0.3, -0.25) is 4.79 Å². The van der Waals surface area contributed by atoms with Gasteiger partial charge in [0, 0.05) is 39.8 Å². The molecule has 0 saturated heterocycles. The molecule has 0 spiro atoms. The third kappa shape index (κ3) is 3.85.